The highest BCUT2D eigenvalue weighted by atomic mass is 16.7. The maximum absolute atomic E-state index is 12.6. The number of carbonyl (C=O) groups excluding carboxylic acids is 1. The molecule has 13 N–H and O–H groups in total. The highest BCUT2D eigenvalue weighted by molar-refractivity contribution is 5.71. The zero-order chi connectivity index (χ0) is 48.4. The largest absolute Gasteiger partial charge is 0.481 e. The van der Waals surface area contributed by atoms with Crippen LogP contribution in [0.3, 0.4) is 0 Å². The molecule has 0 aromatic heterocycles. The highest BCUT2D eigenvalue weighted by Crippen LogP contribution is 2.38. The lowest BCUT2D eigenvalue weighted by atomic mass is 9.82. The summed E-state index contributed by atoms with van der Waals surface area (Å²) in [5, 5.41) is 118. The van der Waals surface area contributed by atoms with Crippen molar-refractivity contribution in [1.82, 2.24) is 0 Å². The highest BCUT2D eigenvalue weighted by Gasteiger charge is 2.51. The third kappa shape index (κ3) is 18.6. The Balaban J connectivity index is 1.86. The number of allylic oxidation sites excluding steroid dienone is 12. The van der Waals surface area contributed by atoms with E-state index in [0.29, 0.717) is 0 Å². The van der Waals surface area contributed by atoms with Gasteiger partial charge in [0, 0.05) is 37.5 Å². The smallest absolute Gasteiger partial charge is 0.311 e. The van der Waals surface area contributed by atoms with E-state index >= 15 is 0 Å². The summed E-state index contributed by atoms with van der Waals surface area (Å²) in [4.78, 5) is 25.1. The minimum Gasteiger partial charge on any atom is -0.481 e. The summed E-state index contributed by atoms with van der Waals surface area (Å²) in [5.41, 5.74) is 6.02. The van der Waals surface area contributed by atoms with Crippen LogP contribution < -0.4 is 5.73 Å². The number of esters is 1. The Morgan fingerprint density at radius 2 is 1.23 bits per heavy atom. The number of carboxylic acid groups (broad SMARTS) is 1. The van der Waals surface area contributed by atoms with Crippen molar-refractivity contribution in [2.75, 3.05) is 0 Å². The molecule has 2 fully saturated rings. The predicted molar refractivity (Wildman–Crippen MR) is 237 cm³/mol. The Kier molecular flexibility index (Phi) is 23.6. The summed E-state index contributed by atoms with van der Waals surface area (Å²) in [6.45, 7) is 6.74. The molecule has 18 nitrogen and oxygen atoms in total. The SMILES string of the molecule is CC1/C=C/C=C/C=C\C=C\C=C\C=C/C=C/C(OC2OC(C)C(O)C(N)C2O)CC2OC(O)(CC(O)CC(O)C(O)CCC(O)CC(O)CC(=O)OC(C)C(C)C1O)CC(O)C2C(=O)O. The molecule has 0 saturated carbocycles. The summed E-state index contributed by atoms with van der Waals surface area (Å²) in [6.07, 6.45) is 3.46. The molecule has 368 valence electrons. The van der Waals surface area contributed by atoms with Gasteiger partial charge >= 0.3 is 11.9 Å². The third-order valence-corrected chi connectivity index (χ3v) is 12.0. The summed E-state index contributed by atoms with van der Waals surface area (Å²) in [7, 11) is 0. The molecule has 0 spiro atoms. The molecule has 3 rings (SSSR count). The summed E-state index contributed by atoms with van der Waals surface area (Å²) >= 11 is 0. The average Bonchev–Trinajstić information content (AvgIpc) is 3.21. The molecule has 3 heterocycles. The van der Waals surface area contributed by atoms with Crippen LogP contribution in [0.5, 0.6) is 0 Å². The number of nitrogens with two attached hydrogens (primary N) is 1. The van der Waals surface area contributed by atoms with Crippen LogP contribution in [-0.4, -0.2) is 166 Å². The van der Waals surface area contributed by atoms with E-state index in [0.717, 1.165) is 0 Å². The van der Waals surface area contributed by atoms with Crippen LogP contribution >= 0.6 is 0 Å². The fourth-order valence-corrected chi connectivity index (χ4v) is 7.97. The first kappa shape index (κ1) is 55.9. The molecule has 0 radical (unpaired) electrons. The van der Waals surface area contributed by atoms with Gasteiger partial charge in [-0.25, -0.2) is 0 Å². The molecule has 0 aromatic carbocycles. The summed E-state index contributed by atoms with van der Waals surface area (Å²) in [6, 6.07) is -1.15. The van der Waals surface area contributed by atoms with Gasteiger partial charge in [0.15, 0.2) is 12.1 Å². The van der Waals surface area contributed by atoms with Crippen molar-refractivity contribution < 1.29 is 84.7 Å². The lowest BCUT2D eigenvalue weighted by molar-refractivity contribution is -0.308. The van der Waals surface area contributed by atoms with Crippen molar-refractivity contribution >= 4 is 11.9 Å². The molecule has 2 bridgehead atoms. The van der Waals surface area contributed by atoms with Crippen molar-refractivity contribution in [2.45, 2.75) is 177 Å². The number of aliphatic hydroxyl groups is 10. The molecule has 3 aliphatic rings. The van der Waals surface area contributed by atoms with Crippen LogP contribution in [0.2, 0.25) is 0 Å². The van der Waals surface area contributed by atoms with Crippen LogP contribution in [0.1, 0.15) is 79.1 Å². The molecule has 18 heteroatoms. The third-order valence-electron chi connectivity index (χ3n) is 12.0. The molecular formula is C47H73NO17. The number of hydrogen-bond donors (Lipinski definition) is 12. The van der Waals surface area contributed by atoms with Gasteiger partial charge in [0.2, 0.25) is 0 Å². The lowest BCUT2D eigenvalue weighted by Gasteiger charge is -2.45. The van der Waals surface area contributed by atoms with Crippen molar-refractivity contribution in [2.24, 2.45) is 23.5 Å². The van der Waals surface area contributed by atoms with Gasteiger partial charge in [-0.2, -0.15) is 0 Å². The number of rotatable bonds is 3. The van der Waals surface area contributed by atoms with Crippen LogP contribution in [-0.2, 0) is 28.5 Å². The van der Waals surface area contributed by atoms with Crippen molar-refractivity contribution in [3.05, 3.63) is 85.1 Å². The Hall–Kier alpha value is -3.44. The second-order valence-electron chi connectivity index (χ2n) is 17.6. The van der Waals surface area contributed by atoms with Gasteiger partial charge in [-0.1, -0.05) is 98.9 Å². The van der Waals surface area contributed by atoms with Gasteiger partial charge in [0.25, 0.3) is 0 Å². The van der Waals surface area contributed by atoms with Gasteiger partial charge in [0.05, 0.1) is 79.6 Å². The number of aliphatic carboxylic acids is 1. The molecular weight excluding hydrogens is 851 g/mol. The average molecular weight is 924 g/mol. The van der Waals surface area contributed by atoms with Crippen LogP contribution in [0.15, 0.2) is 85.1 Å². The predicted octanol–water partition coefficient (Wildman–Crippen LogP) is 0.712. The van der Waals surface area contributed by atoms with Crippen molar-refractivity contribution in [3.8, 4) is 0 Å². The number of fused-ring (bicyclic) bond motifs is 2. The summed E-state index contributed by atoms with van der Waals surface area (Å²) < 4.78 is 23.1. The normalized spacial score (nSPS) is 45.5. The first-order valence-electron chi connectivity index (χ1n) is 22.3. The van der Waals surface area contributed by atoms with Crippen LogP contribution in [0.4, 0.5) is 0 Å². The minimum atomic E-state index is -2.33. The van der Waals surface area contributed by atoms with Crippen LogP contribution in [0, 0.1) is 17.8 Å². The van der Waals surface area contributed by atoms with E-state index in [1.165, 1.54) is 13.0 Å². The lowest BCUT2D eigenvalue weighted by Crippen LogP contribution is -2.61. The van der Waals surface area contributed by atoms with E-state index < -0.39 is 147 Å². The zero-order valence-corrected chi connectivity index (χ0v) is 37.6. The second-order valence-corrected chi connectivity index (χ2v) is 17.6. The number of cyclic esters (lactones) is 1. The number of aliphatic hydroxyl groups excluding tert-OH is 9. The molecule has 3 aliphatic heterocycles. The monoisotopic (exact) mass is 923 g/mol. The molecule has 19 atom stereocenters. The molecule has 0 aromatic rings. The first-order valence-corrected chi connectivity index (χ1v) is 22.3. The van der Waals surface area contributed by atoms with Gasteiger partial charge in [-0.3, -0.25) is 9.59 Å². The van der Waals surface area contributed by atoms with E-state index in [1.54, 1.807) is 80.7 Å². The van der Waals surface area contributed by atoms with Gasteiger partial charge in [-0.15, -0.1) is 0 Å². The number of carboxylic acids is 1. The van der Waals surface area contributed by atoms with E-state index in [9.17, 15) is 65.8 Å². The number of hydrogen-bond acceptors (Lipinski definition) is 17. The quantitative estimate of drug-likeness (QED) is 0.174. The van der Waals surface area contributed by atoms with Gasteiger partial charge in [-0.05, 0) is 33.1 Å². The Morgan fingerprint density at radius 1 is 0.662 bits per heavy atom. The van der Waals surface area contributed by atoms with E-state index in [4.69, 9.17) is 24.7 Å². The van der Waals surface area contributed by atoms with E-state index in [-0.39, 0.29) is 31.6 Å². The fourth-order valence-electron chi connectivity index (χ4n) is 7.97. The minimum absolute atomic E-state index is 0.107. The van der Waals surface area contributed by atoms with Crippen LogP contribution in [0.25, 0.3) is 0 Å². The summed E-state index contributed by atoms with van der Waals surface area (Å²) in [5.74, 6) is -6.83. The van der Waals surface area contributed by atoms with Gasteiger partial charge < -0.3 is 80.9 Å². The number of ether oxygens (including phenoxy) is 4. The topological polar surface area (TPSA) is 320 Å². The van der Waals surface area contributed by atoms with Crippen molar-refractivity contribution in [3.63, 3.8) is 0 Å². The number of carbonyl (C=O) groups is 2. The zero-order valence-electron chi connectivity index (χ0n) is 37.6. The molecule has 0 aliphatic carbocycles. The standard InChI is InChI=1S/C47H73NO17/c1-27-17-15-13-11-9-7-5-6-8-10-12-14-16-18-34(64-46-44(58)41(48)43(57)30(4)63-46)24-38-40(45(59)60)37(54)26-47(61,65-38)25-33(51)22-36(53)35(52)20-19-31(49)21-32(50)23-39(55)62-29(3)28(2)42(27)56/h5-18,27-38,40-44,46,49-54,56-58,61H,19-26,48H2,1-4H3,(H,59,60)/b6-5+,9-7-,10-8+,13-11+,14-12-,17-15+,18-16+. The van der Waals surface area contributed by atoms with Crippen molar-refractivity contribution in [1.29, 1.82) is 0 Å². The maximum Gasteiger partial charge on any atom is 0.311 e. The molecule has 19 unspecified atom stereocenters. The molecule has 0 amide bonds. The van der Waals surface area contributed by atoms with E-state index in [1.807, 2.05) is 19.1 Å². The molecule has 2 saturated heterocycles. The van der Waals surface area contributed by atoms with Gasteiger partial charge in [0.1, 0.15) is 18.1 Å². The first-order chi connectivity index (χ1) is 30.6. The Morgan fingerprint density at radius 3 is 1.82 bits per heavy atom. The maximum atomic E-state index is 12.6. The Bertz CT molecular complexity index is 1670. The van der Waals surface area contributed by atoms with E-state index in [2.05, 4.69) is 0 Å². The fraction of sp³-hybridized carbons (Fsp3) is 0.660. The Labute approximate surface area is 381 Å². The molecule has 65 heavy (non-hydrogen) atoms. The second kappa shape index (κ2) is 27.4.